The van der Waals surface area contributed by atoms with Crippen LogP contribution in [0.5, 0.6) is 0 Å². The zero-order valence-corrected chi connectivity index (χ0v) is 9.03. The molecule has 0 bridgehead atoms. The Hall–Kier alpha value is -1.48. The van der Waals surface area contributed by atoms with Crippen molar-refractivity contribution in [2.45, 2.75) is 19.3 Å². The van der Waals surface area contributed by atoms with E-state index in [-0.39, 0.29) is 18.2 Å². The molecular formula is C13H15FO2. The molecule has 0 heterocycles. The summed E-state index contributed by atoms with van der Waals surface area (Å²) in [5.41, 5.74) is 0.549. The number of hydrogen-bond acceptors (Lipinski definition) is 2. The van der Waals surface area contributed by atoms with Crippen LogP contribution in [-0.2, 0) is 0 Å². The van der Waals surface area contributed by atoms with Crippen molar-refractivity contribution in [3.63, 3.8) is 0 Å². The van der Waals surface area contributed by atoms with Crippen molar-refractivity contribution in [1.82, 2.24) is 0 Å². The van der Waals surface area contributed by atoms with Crippen molar-refractivity contribution in [3.05, 3.63) is 47.8 Å². The van der Waals surface area contributed by atoms with E-state index in [0.29, 0.717) is 12.0 Å². The lowest BCUT2D eigenvalue weighted by molar-refractivity contribution is 0.0980. The normalized spacial score (nSPS) is 10.9. The molecule has 0 spiro atoms. The number of carbonyl (C=O) groups excluding carboxylic acids is 1. The molecule has 0 aliphatic heterocycles. The lowest BCUT2D eigenvalue weighted by atomic mass is 10.1. The van der Waals surface area contributed by atoms with Crippen LogP contribution in [0.1, 0.15) is 29.6 Å². The van der Waals surface area contributed by atoms with Gasteiger partial charge < -0.3 is 5.11 Å². The van der Waals surface area contributed by atoms with Gasteiger partial charge in [0.1, 0.15) is 5.82 Å². The Morgan fingerprint density at radius 2 is 1.94 bits per heavy atom. The van der Waals surface area contributed by atoms with Gasteiger partial charge in [-0.2, -0.15) is 0 Å². The van der Waals surface area contributed by atoms with E-state index in [1.807, 2.05) is 6.08 Å². The largest absolute Gasteiger partial charge is 0.392 e. The van der Waals surface area contributed by atoms with E-state index in [1.54, 1.807) is 6.08 Å². The van der Waals surface area contributed by atoms with E-state index in [9.17, 15) is 9.18 Å². The maximum atomic E-state index is 12.6. The molecule has 0 atom stereocenters. The maximum Gasteiger partial charge on any atom is 0.162 e. The molecule has 1 N–H and O–H groups in total. The number of carbonyl (C=O) groups is 1. The first kappa shape index (κ1) is 12.6. The van der Waals surface area contributed by atoms with Crippen LogP contribution in [-0.4, -0.2) is 17.5 Å². The van der Waals surface area contributed by atoms with Crippen molar-refractivity contribution < 1.29 is 14.3 Å². The summed E-state index contributed by atoms with van der Waals surface area (Å²) < 4.78 is 12.6. The first-order chi connectivity index (χ1) is 7.74. The average molecular weight is 222 g/mol. The van der Waals surface area contributed by atoms with Gasteiger partial charge in [-0.1, -0.05) is 12.2 Å². The van der Waals surface area contributed by atoms with E-state index in [2.05, 4.69) is 0 Å². The number of allylic oxidation sites excluding steroid dienone is 1. The Bertz CT molecular complexity index is 355. The minimum atomic E-state index is -0.331. The van der Waals surface area contributed by atoms with Gasteiger partial charge in [0.05, 0.1) is 6.61 Å². The van der Waals surface area contributed by atoms with E-state index < -0.39 is 0 Å². The molecule has 1 aromatic rings. The number of unbranched alkanes of at least 4 members (excludes halogenated alkanes) is 1. The highest BCUT2D eigenvalue weighted by Crippen LogP contribution is 2.08. The van der Waals surface area contributed by atoms with Gasteiger partial charge in [0.15, 0.2) is 5.78 Å². The van der Waals surface area contributed by atoms with Crippen molar-refractivity contribution in [3.8, 4) is 0 Å². The molecule has 0 aliphatic carbocycles. The predicted molar refractivity (Wildman–Crippen MR) is 60.8 cm³/mol. The Labute approximate surface area is 94.4 Å². The highest BCUT2D eigenvalue weighted by Gasteiger charge is 2.04. The lowest BCUT2D eigenvalue weighted by Gasteiger charge is -1.99. The topological polar surface area (TPSA) is 37.3 Å². The van der Waals surface area contributed by atoms with Crippen molar-refractivity contribution in [1.29, 1.82) is 0 Å². The van der Waals surface area contributed by atoms with Crippen LogP contribution >= 0.6 is 0 Å². The van der Waals surface area contributed by atoms with Gasteiger partial charge in [-0.25, -0.2) is 4.39 Å². The summed E-state index contributed by atoms with van der Waals surface area (Å²) in [6.07, 6.45) is 5.46. The SMILES string of the molecule is O=C(CCC/C=C\CO)c1ccc(F)cc1. The fraction of sp³-hybridized carbons (Fsp3) is 0.308. The fourth-order valence-corrected chi connectivity index (χ4v) is 1.35. The van der Waals surface area contributed by atoms with Crippen LogP contribution in [0, 0.1) is 5.82 Å². The number of benzene rings is 1. The van der Waals surface area contributed by atoms with Gasteiger partial charge >= 0.3 is 0 Å². The third-order valence-electron chi connectivity index (χ3n) is 2.21. The first-order valence-corrected chi connectivity index (χ1v) is 5.28. The number of rotatable bonds is 6. The van der Waals surface area contributed by atoms with Gasteiger partial charge in [0, 0.05) is 12.0 Å². The lowest BCUT2D eigenvalue weighted by Crippen LogP contribution is -1.98. The van der Waals surface area contributed by atoms with Gasteiger partial charge in [-0.15, -0.1) is 0 Å². The van der Waals surface area contributed by atoms with E-state index in [4.69, 9.17) is 5.11 Å². The number of aliphatic hydroxyl groups is 1. The Morgan fingerprint density at radius 1 is 1.25 bits per heavy atom. The van der Waals surface area contributed by atoms with Gasteiger partial charge in [0.25, 0.3) is 0 Å². The fourth-order valence-electron chi connectivity index (χ4n) is 1.35. The second-order valence-corrected chi connectivity index (χ2v) is 3.48. The molecule has 3 heteroatoms. The minimum Gasteiger partial charge on any atom is -0.392 e. The summed E-state index contributed by atoms with van der Waals surface area (Å²) in [5.74, 6) is -0.306. The van der Waals surface area contributed by atoms with Gasteiger partial charge in [0.2, 0.25) is 0 Å². The molecule has 0 aromatic heterocycles. The standard InChI is InChI=1S/C13H15FO2/c14-12-8-6-11(7-9-12)13(16)5-3-1-2-4-10-15/h2,4,6-9,15H,1,3,5,10H2/b4-2-. The van der Waals surface area contributed by atoms with Crippen molar-refractivity contribution in [2.24, 2.45) is 0 Å². The number of ketones is 1. The van der Waals surface area contributed by atoms with Gasteiger partial charge in [-0.3, -0.25) is 4.79 Å². The molecule has 0 saturated heterocycles. The van der Waals surface area contributed by atoms with Crippen molar-refractivity contribution >= 4 is 5.78 Å². The Balaban J connectivity index is 2.35. The van der Waals surface area contributed by atoms with E-state index >= 15 is 0 Å². The zero-order chi connectivity index (χ0) is 11.8. The molecule has 0 aliphatic rings. The second-order valence-electron chi connectivity index (χ2n) is 3.48. The smallest absolute Gasteiger partial charge is 0.162 e. The van der Waals surface area contributed by atoms with Crippen LogP contribution in [0.3, 0.4) is 0 Å². The summed E-state index contributed by atoms with van der Waals surface area (Å²) >= 11 is 0. The summed E-state index contributed by atoms with van der Waals surface area (Å²) in [6, 6.07) is 5.58. The third-order valence-corrected chi connectivity index (χ3v) is 2.21. The van der Waals surface area contributed by atoms with Crippen LogP contribution < -0.4 is 0 Å². The molecule has 0 amide bonds. The minimum absolute atomic E-state index is 0.0254. The third kappa shape index (κ3) is 4.36. The molecule has 0 radical (unpaired) electrons. The molecule has 2 nitrogen and oxygen atoms in total. The quantitative estimate of drug-likeness (QED) is 0.456. The molecule has 86 valence electrons. The highest BCUT2D eigenvalue weighted by atomic mass is 19.1. The molecule has 1 rings (SSSR count). The van der Waals surface area contributed by atoms with E-state index in [0.717, 1.165) is 12.8 Å². The molecule has 0 unspecified atom stereocenters. The van der Waals surface area contributed by atoms with E-state index in [1.165, 1.54) is 24.3 Å². The number of halogens is 1. The van der Waals surface area contributed by atoms with Crippen LogP contribution in [0.15, 0.2) is 36.4 Å². The molecular weight excluding hydrogens is 207 g/mol. The monoisotopic (exact) mass is 222 g/mol. The summed E-state index contributed by atoms with van der Waals surface area (Å²) in [5, 5.41) is 8.49. The predicted octanol–water partition coefficient (Wildman–Crippen LogP) is 2.73. The first-order valence-electron chi connectivity index (χ1n) is 5.28. The van der Waals surface area contributed by atoms with Crippen LogP contribution in [0.4, 0.5) is 4.39 Å². The maximum absolute atomic E-state index is 12.6. The van der Waals surface area contributed by atoms with Crippen molar-refractivity contribution in [2.75, 3.05) is 6.61 Å². The molecule has 16 heavy (non-hydrogen) atoms. The molecule has 0 fully saturated rings. The summed E-state index contributed by atoms with van der Waals surface area (Å²) in [7, 11) is 0. The average Bonchev–Trinajstić information content (AvgIpc) is 2.29. The number of Topliss-reactive ketones (excluding diaryl/α,β-unsaturated/α-hetero) is 1. The number of hydrogen-bond donors (Lipinski definition) is 1. The second kappa shape index (κ2) is 6.90. The summed E-state index contributed by atoms with van der Waals surface area (Å²) in [6.45, 7) is 0.0336. The Kier molecular flexibility index (Phi) is 5.43. The molecule has 1 aromatic carbocycles. The molecule has 0 saturated carbocycles. The highest BCUT2D eigenvalue weighted by molar-refractivity contribution is 5.95. The van der Waals surface area contributed by atoms with Crippen LogP contribution in [0.2, 0.25) is 0 Å². The Morgan fingerprint density at radius 3 is 2.56 bits per heavy atom. The van der Waals surface area contributed by atoms with Gasteiger partial charge in [-0.05, 0) is 37.1 Å². The van der Waals surface area contributed by atoms with Crippen LogP contribution in [0.25, 0.3) is 0 Å². The number of aliphatic hydroxyl groups excluding tert-OH is 1. The summed E-state index contributed by atoms with van der Waals surface area (Å²) in [4.78, 5) is 11.6. The zero-order valence-electron chi connectivity index (χ0n) is 9.03.